The minimum atomic E-state index is -3.85. The number of hydrogen-bond acceptors (Lipinski definition) is 7. The number of carbonyl (C=O) groups is 3. The monoisotopic (exact) mass is 460 g/mol. The molecule has 1 unspecified atom stereocenters. The number of ether oxygens (including phenoxy) is 1. The molecular weight excluding hydrogens is 436 g/mol. The number of pyridine rings is 1. The lowest BCUT2D eigenvalue weighted by Crippen LogP contribution is -2.31. The molecule has 170 valence electrons. The number of carboxylic acids is 1. The van der Waals surface area contributed by atoms with Gasteiger partial charge in [-0.3, -0.25) is 24.3 Å². The summed E-state index contributed by atoms with van der Waals surface area (Å²) in [6, 6.07) is 9.43. The molecule has 1 N–H and O–H groups in total. The van der Waals surface area contributed by atoms with Gasteiger partial charge >= 0.3 is 5.97 Å². The van der Waals surface area contributed by atoms with Gasteiger partial charge < -0.3 is 9.84 Å². The smallest absolute Gasteiger partial charge is 0.307 e. The standard InChI is InChI=1S/C22H24N2O7S/c25-20-7-8-21(26)24(20)13-1-2-17(22(27)28)15-32(29,30)19-5-3-18(4-6-19)31-14-16-9-11-23-12-10-16/h3-6,9-12,17H,1-2,7-8,13-15H2,(H,27,28). The van der Waals surface area contributed by atoms with Gasteiger partial charge in [0.2, 0.25) is 11.8 Å². The third-order valence-electron chi connectivity index (χ3n) is 5.20. The highest BCUT2D eigenvalue weighted by Crippen LogP contribution is 2.22. The number of likely N-dealkylation sites (tertiary alicyclic amines) is 1. The van der Waals surface area contributed by atoms with Crippen molar-refractivity contribution >= 4 is 27.6 Å². The van der Waals surface area contributed by atoms with Gasteiger partial charge in [-0.05, 0) is 54.8 Å². The average Bonchev–Trinajstić information content (AvgIpc) is 3.10. The van der Waals surface area contributed by atoms with Crippen LogP contribution in [0.3, 0.4) is 0 Å². The van der Waals surface area contributed by atoms with Crippen molar-refractivity contribution in [3.05, 3.63) is 54.4 Å². The zero-order valence-corrected chi connectivity index (χ0v) is 18.2. The molecule has 32 heavy (non-hydrogen) atoms. The molecule has 1 saturated heterocycles. The number of imide groups is 1. The summed E-state index contributed by atoms with van der Waals surface area (Å²) in [5, 5.41) is 9.47. The lowest BCUT2D eigenvalue weighted by molar-refractivity contribution is -0.141. The van der Waals surface area contributed by atoms with Crippen molar-refractivity contribution in [1.82, 2.24) is 9.88 Å². The molecule has 0 bridgehead atoms. The molecule has 1 aliphatic rings. The van der Waals surface area contributed by atoms with Crippen LogP contribution in [0.5, 0.6) is 5.75 Å². The van der Waals surface area contributed by atoms with Gasteiger partial charge in [-0.15, -0.1) is 0 Å². The van der Waals surface area contributed by atoms with Gasteiger partial charge in [-0.1, -0.05) is 0 Å². The molecule has 0 saturated carbocycles. The molecule has 2 aromatic rings. The van der Waals surface area contributed by atoms with Crippen molar-refractivity contribution in [1.29, 1.82) is 0 Å². The SMILES string of the molecule is O=C(O)C(CCCN1C(=O)CCC1=O)CS(=O)(=O)c1ccc(OCc2ccncc2)cc1. The van der Waals surface area contributed by atoms with Crippen molar-refractivity contribution < 1.29 is 32.6 Å². The number of hydrogen-bond donors (Lipinski definition) is 1. The number of aliphatic carboxylic acids is 1. The van der Waals surface area contributed by atoms with Gasteiger partial charge in [-0.2, -0.15) is 0 Å². The Kier molecular flexibility index (Phi) is 7.57. The lowest BCUT2D eigenvalue weighted by Gasteiger charge is -2.16. The minimum Gasteiger partial charge on any atom is -0.489 e. The minimum absolute atomic E-state index is 0.00455. The van der Waals surface area contributed by atoms with Gasteiger partial charge in [0, 0.05) is 31.8 Å². The van der Waals surface area contributed by atoms with E-state index in [2.05, 4.69) is 4.98 Å². The highest BCUT2D eigenvalue weighted by atomic mass is 32.2. The molecular formula is C22H24N2O7S. The predicted octanol–water partition coefficient (Wildman–Crippen LogP) is 2.06. The van der Waals surface area contributed by atoms with E-state index in [1.165, 1.54) is 24.3 Å². The molecule has 1 fully saturated rings. The number of benzene rings is 1. The summed E-state index contributed by atoms with van der Waals surface area (Å²) in [5.74, 6) is -3.01. The lowest BCUT2D eigenvalue weighted by atomic mass is 10.1. The van der Waals surface area contributed by atoms with Crippen LogP contribution >= 0.6 is 0 Å². The Morgan fingerprint density at radius 2 is 1.69 bits per heavy atom. The van der Waals surface area contributed by atoms with Crippen molar-refractivity contribution in [2.24, 2.45) is 5.92 Å². The maximum absolute atomic E-state index is 12.7. The van der Waals surface area contributed by atoms with Crippen LogP contribution in [0.15, 0.2) is 53.7 Å². The zero-order valence-electron chi connectivity index (χ0n) is 17.3. The third-order valence-corrected chi connectivity index (χ3v) is 7.03. The fraction of sp³-hybridized carbons (Fsp3) is 0.364. The second kappa shape index (κ2) is 10.4. The molecule has 10 heteroatoms. The maximum atomic E-state index is 12.7. The van der Waals surface area contributed by atoms with Crippen LogP contribution in [-0.2, 0) is 30.8 Å². The van der Waals surface area contributed by atoms with E-state index in [-0.39, 0.29) is 48.9 Å². The molecule has 1 atom stereocenters. The van der Waals surface area contributed by atoms with E-state index in [0.717, 1.165) is 10.5 Å². The maximum Gasteiger partial charge on any atom is 0.307 e. The highest BCUT2D eigenvalue weighted by molar-refractivity contribution is 7.91. The van der Waals surface area contributed by atoms with Crippen LogP contribution in [0.1, 0.15) is 31.2 Å². The topological polar surface area (TPSA) is 131 Å². The fourth-order valence-corrected chi connectivity index (χ4v) is 4.98. The largest absolute Gasteiger partial charge is 0.489 e. The van der Waals surface area contributed by atoms with Crippen LogP contribution in [-0.4, -0.2) is 53.5 Å². The quantitative estimate of drug-likeness (QED) is 0.504. The number of carbonyl (C=O) groups excluding carboxylic acids is 2. The number of rotatable bonds is 11. The van der Waals surface area contributed by atoms with Gasteiger partial charge in [0.1, 0.15) is 12.4 Å². The highest BCUT2D eigenvalue weighted by Gasteiger charge is 2.30. The fourth-order valence-electron chi connectivity index (χ4n) is 3.40. The Balaban J connectivity index is 1.56. The van der Waals surface area contributed by atoms with Gasteiger partial charge in [-0.25, -0.2) is 8.42 Å². The Morgan fingerprint density at radius 3 is 2.28 bits per heavy atom. The summed E-state index contributed by atoms with van der Waals surface area (Å²) in [7, 11) is -3.85. The summed E-state index contributed by atoms with van der Waals surface area (Å²) in [6.45, 7) is 0.405. The summed E-state index contributed by atoms with van der Waals surface area (Å²) < 4.78 is 31.1. The predicted molar refractivity (Wildman–Crippen MR) is 113 cm³/mol. The number of carboxylic acid groups (broad SMARTS) is 1. The summed E-state index contributed by atoms with van der Waals surface area (Å²) in [4.78, 5) is 39.9. The van der Waals surface area contributed by atoms with E-state index in [9.17, 15) is 27.9 Å². The van der Waals surface area contributed by atoms with Crippen LogP contribution in [0.2, 0.25) is 0 Å². The molecule has 2 heterocycles. The number of amides is 2. The van der Waals surface area contributed by atoms with Crippen molar-refractivity contribution in [3.8, 4) is 5.75 Å². The summed E-state index contributed by atoms with van der Waals surface area (Å²) in [6.07, 6.45) is 3.89. The first-order chi connectivity index (χ1) is 15.3. The third kappa shape index (κ3) is 6.13. The van der Waals surface area contributed by atoms with Gasteiger partial charge in [0.05, 0.1) is 16.6 Å². The number of sulfone groups is 1. The molecule has 9 nitrogen and oxygen atoms in total. The molecule has 1 aliphatic heterocycles. The Labute approximate surface area is 185 Å². The van der Waals surface area contributed by atoms with Crippen LogP contribution in [0.4, 0.5) is 0 Å². The van der Waals surface area contributed by atoms with E-state index >= 15 is 0 Å². The average molecular weight is 461 g/mol. The Hall–Kier alpha value is -3.27. The van der Waals surface area contributed by atoms with Crippen molar-refractivity contribution in [2.75, 3.05) is 12.3 Å². The molecule has 2 amide bonds. The molecule has 1 aromatic carbocycles. The van der Waals surface area contributed by atoms with E-state index in [1.807, 2.05) is 0 Å². The number of aromatic nitrogens is 1. The molecule has 0 aliphatic carbocycles. The first-order valence-electron chi connectivity index (χ1n) is 10.2. The van der Waals surface area contributed by atoms with Crippen molar-refractivity contribution in [3.63, 3.8) is 0 Å². The van der Waals surface area contributed by atoms with E-state index < -0.39 is 27.5 Å². The number of nitrogens with zero attached hydrogens (tertiary/aromatic N) is 2. The second-order valence-electron chi connectivity index (χ2n) is 7.51. The van der Waals surface area contributed by atoms with Gasteiger partial charge in [0.15, 0.2) is 9.84 Å². The molecule has 0 radical (unpaired) electrons. The Bertz CT molecular complexity index is 1050. The van der Waals surface area contributed by atoms with Crippen molar-refractivity contribution in [2.45, 2.75) is 37.2 Å². The van der Waals surface area contributed by atoms with E-state index in [4.69, 9.17) is 4.74 Å². The van der Waals surface area contributed by atoms with E-state index in [0.29, 0.717) is 12.4 Å². The first kappa shape index (κ1) is 23.4. The summed E-state index contributed by atoms with van der Waals surface area (Å²) >= 11 is 0. The van der Waals surface area contributed by atoms with Crippen LogP contribution in [0.25, 0.3) is 0 Å². The van der Waals surface area contributed by atoms with Crippen LogP contribution in [0, 0.1) is 5.92 Å². The molecule has 3 rings (SSSR count). The van der Waals surface area contributed by atoms with Gasteiger partial charge in [0.25, 0.3) is 0 Å². The molecule has 1 aromatic heterocycles. The summed E-state index contributed by atoms with van der Waals surface area (Å²) in [5.41, 5.74) is 0.915. The zero-order chi connectivity index (χ0) is 23.1. The Morgan fingerprint density at radius 1 is 1.06 bits per heavy atom. The molecule has 0 spiro atoms. The first-order valence-corrected chi connectivity index (χ1v) is 11.8. The van der Waals surface area contributed by atoms with E-state index in [1.54, 1.807) is 24.5 Å². The normalized spacial score (nSPS) is 15.1. The van der Waals surface area contributed by atoms with Crippen LogP contribution < -0.4 is 4.74 Å². The second-order valence-corrected chi connectivity index (χ2v) is 9.55.